The molecule has 0 aliphatic carbocycles. The van der Waals surface area contributed by atoms with Crippen LogP contribution in [0.25, 0.3) is 0 Å². The zero-order valence-corrected chi connectivity index (χ0v) is 13.3. The fraction of sp³-hybridized carbons (Fsp3) is 0.389. The summed E-state index contributed by atoms with van der Waals surface area (Å²) < 4.78 is 0. The summed E-state index contributed by atoms with van der Waals surface area (Å²) in [5.41, 5.74) is 3.11. The maximum Gasteiger partial charge on any atom is 0.145 e. The number of anilines is 1. The number of hydrogen-bond donors (Lipinski definition) is 1. The zero-order chi connectivity index (χ0) is 16.5. The Kier molecular flexibility index (Phi) is 3.89. The Morgan fingerprint density at radius 3 is 2.83 bits per heavy atom. The van der Waals surface area contributed by atoms with Crippen molar-refractivity contribution in [3.63, 3.8) is 0 Å². The highest BCUT2D eigenvalue weighted by atomic mass is 16.3. The van der Waals surface area contributed by atoms with Crippen molar-refractivity contribution in [1.82, 2.24) is 14.9 Å². The van der Waals surface area contributed by atoms with Crippen molar-refractivity contribution in [3.05, 3.63) is 53.5 Å². The molecule has 1 aromatic carbocycles. The molecule has 2 aliphatic rings. The van der Waals surface area contributed by atoms with Crippen molar-refractivity contribution in [2.45, 2.75) is 25.1 Å². The monoisotopic (exact) mass is 321 g/mol. The highest BCUT2D eigenvalue weighted by Crippen LogP contribution is 2.26. The van der Waals surface area contributed by atoms with Crippen LogP contribution in [0.3, 0.4) is 0 Å². The summed E-state index contributed by atoms with van der Waals surface area (Å²) in [7, 11) is 0. The molecule has 0 unspecified atom stereocenters. The Balaban J connectivity index is 1.51. The maximum atomic E-state index is 10.6. The Hall–Kier alpha value is -2.49. The molecule has 0 bridgehead atoms. The van der Waals surface area contributed by atoms with E-state index in [-0.39, 0.29) is 6.04 Å². The van der Waals surface area contributed by atoms with E-state index in [0.717, 1.165) is 19.5 Å². The number of hydrogen-bond acceptors (Lipinski definition) is 6. The van der Waals surface area contributed by atoms with Crippen LogP contribution in [0.4, 0.5) is 5.82 Å². The lowest BCUT2D eigenvalue weighted by Gasteiger charge is -2.34. The lowest BCUT2D eigenvalue weighted by atomic mass is 9.98. The minimum Gasteiger partial charge on any atom is -0.390 e. The van der Waals surface area contributed by atoms with E-state index in [1.807, 2.05) is 11.0 Å². The number of β-amino-alcohol motifs (C(OH)–C–C–N with tert-alkyl or cyclic N) is 1. The summed E-state index contributed by atoms with van der Waals surface area (Å²) in [5, 5.41) is 19.5. The molecule has 1 N–H and O–H groups in total. The van der Waals surface area contributed by atoms with Gasteiger partial charge in [-0.1, -0.05) is 24.3 Å². The van der Waals surface area contributed by atoms with Crippen molar-refractivity contribution in [1.29, 1.82) is 5.26 Å². The van der Waals surface area contributed by atoms with E-state index in [1.54, 1.807) is 6.07 Å². The summed E-state index contributed by atoms with van der Waals surface area (Å²) in [6.45, 7) is 3.08. The van der Waals surface area contributed by atoms with Crippen LogP contribution in [-0.2, 0) is 13.0 Å². The van der Waals surface area contributed by atoms with Gasteiger partial charge in [-0.15, -0.1) is 0 Å². The molecule has 3 heterocycles. The van der Waals surface area contributed by atoms with Crippen LogP contribution < -0.4 is 4.90 Å². The first-order valence-electron chi connectivity index (χ1n) is 8.20. The average molecular weight is 321 g/mol. The number of fused-ring (bicyclic) bond motifs is 1. The van der Waals surface area contributed by atoms with Crippen LogP contribution in [0, 0.1) is 11.3 Å². The normalized spacial score (nSPS) is 23.8. The minimum absolute atomic E-state index is 0.0823. The van der Waals surface area contributed by atoms with E-state index in [4.69, 9.17) is 5.26 Å². The number of benzene rings is 1. The molecule has 1 saturated heterocycles. The largest absolute Gasteiger partial charge is 0.390 e. The predicted molar refractivity (Wildman–Crippen MR) is 89.3 cm³/mol. The van der Waals surface area contributed by atoms with Crippen LogP contribution >= 0.6 is 0 Å². The molecule has 1 fully saturated rings. The molecule has 2 atom stereocenters. The van der Waals surface area contributed by atoms with Crippen molar-refractivity contribution in [2.75, 3.05) is 24.5 Å². The van der Waals surface area contributed by atoms with Crippen LogP contribution in [0.5, 0.6) is 0 Å². The van der Waals surface area contributed by atoms with Gasteiger partial charge in [0.2, 0.25) is 0 Å². The number of aliphatic hydroxyl groups is 1. The van der Waals surface area contributed by atoms with Crippen molar-refractivity contribution >= 4 is 5.82 Å². The van der Waals surface area contributed by atoms with Crippen LogP contribution in [0.1, 0.15) is 16.8 Å². The molecule has 24 heavy (non-hydrogen) atoms. The second kappa shape index (κ2) is 6.19. The first-order valence-corrected chi connectivity index (χ1v) is 8.20. The van der Waals surface area contributed by atoms with Gasteiger partial charge in [0.15, 0.2) is 0 Å². The molecular formula is C18H19N5O. The Morgan fingerprint density at radius 2 is 2.00 bits per heavy atom. The number of nitrogens with zero attached hydrogens (tertiary/aromatic N) is 5. The molecule has 2 aliphatic heterocycles. The Morgan fingerprint density at radius 1 is 1.17 bits per heavy atom. The SMILES string of the molecule is N#Cc1cc(N2C[C@@H](O)[C@H](N3CCc4ccccc4C3)C2)ncn1. The minimum atomic E-state index is -0.421. The van der Waals surface area contributed by atoms with Gasteiger partial charge in [0, 0.05) is 32.2 Å². The standard InChI is InChI=1S/C18H19N5O/c19-8-15-7-18(21-12-20-15)23-10-16(17(24)11-23)22-6-5-13-3-1-2-4-14(13)9-22/h1-4,7,12,16-17,24H,5-6,9-11H2/t16-,17-/m1/s1. The third kappa shape index (κ3) is 2.73. The molecule has 0 saturated carbocycles. The first-order chi connectivity index (χ1) is 11.7. The van der Waals surface area contributed by atoms with E-state index < -0.39 is 6.10 Å². The van der Waals surface area contributed by atoms with E-state index in [1.165, 1.54) is 17.5 Å². The summed E-state index contributed by atoms with van der Waals surface area (Å²) in [4.78, 5) is 12.6. The predicted octanol–water partition coefficient (Wildman–Crippen LogP) is 0.956. The third-order valence-corrected chi connectivity index (χ3v) is 4.98. The van der Waals surface area contributed by atoms with Gasteiger partial charge < -0.3 is 10.0 Å². The number of aromatic nitrogens is 2. The van der Waals surface area contributed by atoms with Crippen LogP contribution in [-0.4, -0.2) is 51.8 Å². The van der Waals surface area contributed by atoms with Gasteiger partial charge in [-0.3, -0.25) is 4.90 Å². The van der Waals surface area contributed by atoms with Crippen molar-refractivity contribution in [2.24, 2.45) is 0 Å². The topological polar surface area (TPSA) is 76.3 Å². The van der Waals surface area contributed by atoms with Crippen molar-refractivity contribution < 1.29 is 5.11 Å². The molecule has 6 heteroatoms. The Labute approximate surface area is 141 Å². The third-order valence-electron chi connectivity index (χ3n) is 4.98. The summed E-state index contributed by atoms with van der Waals surface area (Å²) in [6, 6.07) is 12.3. The van der Waals surface area contributed by atoms with E-state index in [9.17, 15) is 5.11 Å². The number of nitriles is 1. The van der Waals surface area contributed by atoms with Gasteiger partial charge >= 0.3 is 0 Å². The molecule has 6 nitrogen and oxygen atoms in total. The van der Waals surface area contributed by atoms with Gasteiger partial charge in [-0.25, -0.2) is 9.97 Å². The molecule has 4 rings (SSSR count). The number of rotatable bonds is 2. The molecule has 0 amide bonds. The van der Waals surface area contributed by atoms with Gasteiger partial charge in [-0.2, -0.15) is 5.26 Å². The molecule has 0 spiro atoms. The second-order valence-corrected chi connectivity index (χ2v) is 6.40. The van der Waals surface area contributed by atoms with Gasteiger partial charge in [0.05, 0.1) is 12.1 Å². The summed E-state index contributed by atoms with van der Waals surface area (Å²) in [5.74, 6) is 0.709. The average Bonchev–Trinajstić information content (AvgIpc) is 3.03. The molecule has 122 valence electrons. The zero-order valence-electron chi connectivity index (χ0n) is 13.3. The van der Waals surface area contributed by atoms with Gasteiger partial charge in [0.25, 0.3) is 0 Å². The smallest absolute Gasteiger partial charge is 0.145 e. The highest BCUT2D eigenvalue weighted by Gasteiger charge is 2.37. The van der Waals surface area contributed by atoms with E-state index in [0.29, 0.717) is 24.6 Å². The van der Waals surface area contributed by atoms with Crippen LogP contribution in [0.15, 0.2) is 36.7 Å². The molecular weight excluding hydrogens is 302 g/mol. The number of aliphatic hydroxyl groups excluding tert-OH is 1. The molecule has 2 aromatic rings. The van der Waals surface area contributed by atoms with E-state index in [2.05, 4.69) is 39.1 Å². The second-order valence-electron chi connectivity index (χ2n) is 6.40. The maximum absolute atomic E-state index is 10.6. The molecule has 0 radical (unpaired) electrons. The quantitative estimate of drug-likeness (QED) is 0.888. The fourth-order valence-corrected chi connectivity index (χ4v) is 3.70. The molecule has 1 aromatic heterocycles. The van der Waals surface area contributed by atoms with Gasteiger partial charge in [0.1, 0.15) is 23.9 Å². The van der Waals surface area contributed by atoms with Crippen LogP contribution in [0.2, 0.25) is 0 Å². The van der Waals surface area contributed by atoms with E-state index >= 15 is 0 Å². The fourth-order valence-electron chi connectivity index (χ4n) is 3.70. The highest BCUT2D eigenvalue weighted by molar-refractivity contribution is 5.44. The summed E-state index contributed by atoms with van der Waals surface area (Å²) in [6.07, 6.45) is 2.01. The lowest BCUT2D eigenvalue weighted by molar-refractivity contribution is 0.0747. The first kappa shape index (κ1) is 15.1. The Bertz CT molecular complexity index is 787. The van der Waals surface area contributed by atoms with Gasteiger partial charge in [-0.05, 0) is 17.5 Å². The lowest BCUT2D eigenvalue weighted by Crippen LogP contribution is -2.45. The summed E-state index contributed by atoms with van der Waals surface area (Å²) >= 11 is 0. The van der Waals surface area contributed by atoms with Crippen molar-refractivity contribution in [3.8, 4) is 6.07 Å².